The first-order valence-electron chi connectivity index (χ1n) is 7.12. The molecule has 0 radical (unpaired) electrons. The SMILES string of the molecule is CCC(CC#N)NC1CCCCC1C(C)(C)C. The van der Waals surface area contributed by atoms with Crippen LogP contribution in [0.15, 0.2) is 0 Å². The Balaban J connectivity index is 2.62. The van der Waals surface area contributed by atoms with Crippen molar-refractivity contribution in [3.8, 4) is 6.07 Å². The Bertz CT molecular complexity index is 259. The highest BCUT2D eigenvalue weighted by molar-refractivity contribution is 4.91. The van der Waals surface area contributed by atoms with Gasteiger partial charge in [0.2, 0.25) is 0 Å². The molecule has 0 aliphatic heterocycles. The van der Waals surface area contributed by atoms with Crippen LogP contribution in [-0.4, -0.2) is 12.1 Å². The average Bonchev–Trinajstić information content (AvgIpc) is 2.27. The van der Waals surface area contributed by atoms with Crippen LogP contribution >= 0.6 is 0 Å². The Morgan fingerprint density at radius 1 is 1.29 bits per heavy atom. The van der Waals surface area contributed by atoms with Crippen molar-refractivity contribution in [2.75, 3.05) is 0 Å². The van der Waals surface area contributed by atoms with Gasteiger partial charge in [0.05, 0.1) is 12.5 Å². The largest absolute Gasteiger partial charge is 0.310 e. The van der Waals surface area contributed by atoms with E-state index in [0.29, 0.717) is 23.9 Å². The second-order valence-electron chi connectivity index (χ2n) is 6.50. The molecule has 0 aromatic rings. The van der Waals surface area contributed by atoms with E-state index in [4.69, 9.17) is 5.26 Å². The Kier molecular flexibility index (Phi) is 5.46. The third-order valence-corrected chi connectivity index (χ3v) is 4.16. The maximum atomic E-state index is 8.83. The van der Waals surface area contributed by atoms with Crippen molar-refractivity contribution in [3.63, 3.8) is 0 Å². The van der Waals surface area contributed by atoms with Crippen LogP contribution in [-0.2, 0) is 0 Å². The first-order chi connectivity index (χ1) is 7.99. The lowest BCUT2D eigenvalue weighted by Crippen LogP contribution is -2.48. The fourth-order valence-electron chi connectivity index (χ4n) is 3.10. The van der Waals surface area contributed by atoms with Crippen LogP contribution in [0.2, 0.25) is 0 Å². The van der Waals surface area contributed by atoms with Gasteiger partial charge in [0.15, 0.2) is 0 Å². The zero-order chi connectivity index (χ0) is 12.9. The zero-order valence-electron chi connectivity index (χ0n) is 11.9. The maximum Gasteiger partial charge on any atom is 0.0638 e. The van der Waals surface area contributed by atoms with Crippen molar-refractivity contribution in [1.29, 1.82) is 5.26 Å². The third kappa shape index (κ3) is 4.32. The van der Waals surface area contributed by atoms with E-state index in [1.54, 1.807) is 0 Å². The normalized spacial score (nSPS) is 27.5. The molecule has 2 nitrogen and oxygen atoms in total. The molecule has 1 aliphatic rings. The molecule has 2 heteroatoms. The van der Waals surface area contributed by atoms with Gasteiger partial charge in [0.25, 0.3) is 0 Å². The van der Waals surface area contributed by atoms with Gasteiger partial charge >= 0.3 is 0 Å². The van der Waals surface area contributed by atoms with Gasteiger partial charge in [-0.25, -0.2) is 0 Å². The van der Waals surface area contributed by atoms with Crippen molar-refractivity contribution in [2.24, 2.45) is 11.3 Å². The van der Waals surface area contributed by atoms with Crippen LogP contribution in [0.3, 0.4) is 0 Å². The monoisotopic (exact) mass is 236 g/mol. The van der Waals surface area contributed by atoms with Crippen LogP contribution in [0.5, 0.6) is 0 Å². The molecule has 0 aromatic carbocycles. The Morgan fingerprint density at radius 3 is 2.47 bits per heavy atom. The predicted octanol–water partition coefficient (Wildman–Crippen LogP) is 3.87. The maximum absolute atomic E-state index is 8.83. The fourth-order valence-corrected chi connectivity index (χ4v) is 3.10. The minimum atomic E-state index is 0.378. The summed E-state index contributed by atoms with van der Waals surface area (Å²) in [5, 5.41) is 12.6. The number of hydrogen-bond donors (Lipinski definition) is 1. The molecule has 0 spiro atoms. The first kappa shape index (κ1) is 14.5. The summed E-state index contributed by atoms with van der Waals surface area (Å²) in [5.41, 5.74) is 0.378. The summed E-state index contributed by atoms with van der Waals surface area (Å²) in [7, 11) is 0. The summed E-state index contributed by atoms with van der Waals surface area (Å²) >= 11 is 0. The van der Waals surface area contributed by atoms with Gasteiger partial charge < -0.3 is 5.32 Å². The molecule has 0 saturated heterocycles. The molecular formula is C15H28N2. The van der Waals surface area contributed by atoms with Crippen molar-refractivity contribution in [2.45, 2.75) is 78.3 Å². The second-order valence-corrected chi connectivity index (χ2v) is 6.50. The van der Waals surface area contributed by atoms with Crippen molar-refractivity contribution >= 4 is 0 Å². The van der Waals surface area contributed by atoms with Gasteiger partial charge in [-0.15, -0.1) is 0 Å². The van der Waals surface area contributed by atoms with Crippen LogP contribution in [0.4, 0.5) is 0 Å². The average molecular weight is 236 g/mol. The number of nitrogens with zero attached hydrogens (tertiary/aromatic N) is 1. The van der Waals surface area contributed by atoms with Gasteiger partial charge in [0, 0.05) is 12.1 Å². The van der Waals surface area contributed by atoms with Crippen molar-refractivity contribution in [1.82, 2.24) is 5.32 Å². The molecule has 0 bridgehead atoms. The number of hydrogen-bond acceptors (Lipinski definition) is 2. The summed E-state index contributed by atoms with van der Waals surface area (Å²) in [6, 6.07) is 3.29. The van der Waals surface area contributed by atoms with E-state index in [9.17, 15) is 0 Å². The molecule has 3 atom stereocenters. The highest BCUT2D eigenvalue weighted by atomic mass is 15.0. The fraction of sp³-hybridized carbons (Fsp3) is 0.933. The molecule has 1 rings (SSSR count). The topological polar surface area (TPSA) is 35.8 Å². The van der Waals surface area contributed by atoms with E-state index in [1.165, 1.54) is 25.7 Å². The van der Waals surface area contributed by atoms with Crippen LogP contribution in [0.1, 0.15) is 66.2 Å². The Labute approximate surface area is 107 Å². The van der Waals surface area contributed by atoms with Crippen molar-refractivity contribution in [3.05, 3.63) is 0 Å². The molecule has 1 N–H and O–H groups in total. The van der Waals surface area contributed by atoms with E-state index in [1.807, 2.05) is 0 Å². The Hall–Kier alpha value is -0.550. The van der Waals surface area contributed by atoms with E-state index in [2.05, 4.69) is 39.1 Å². The molecule has 0 aromatic heterocycles. The number of rotatable bonds is 4. The molecule has 1 saturated carbocycles. The molecule has 0 heterocycles. The quantitative estimate of drug-likeness (QED) is 0.804. The number of nitriles is 1. The van der Waals surface area contributed by atoms with Crippen LogP contribution in [0, 0.1) is 22.7 Å². The minimum Gasteiger partial charge on any atom is -0.310 e. The highest BCUT2D eigenvalue weighted by Crippen LogP contribution is 2.38. The molecule has 1 aliphatic carbocycles. The van der Waals surface area contributed by atoms with Crippen LogP contribution in [0.25, 0.3) is 0 Å². The molecular weight excluding hydrogens is 208 g/mol. The molecule has 3 unspecified atom stereocenters. The van der Waals surface area contributed by atoms with E-state index in [0.717, 1.165) is 12.3 Å². The van der Waals surface area contributed by atoms with Gasteiger partial charge in [-0.3, -0.25) is 0 Å². The van der Waals surface area contributed by atoms with Gasteiger partial charge in [-0.1, -0.05) is 40.5 Å². The standard InChI is InChI=1S/C15H28N2/c1-5-12(10-11-16)17-14-9-7-6-8-13(14)15(2,3)4/h12-14,17H,5-10H2,1-4H3. The first-order valence-corrected chi connectivity index (χ1v) is 7.12. The molecule has 17 heavy (non-hydrogen) atoms. The molecule has 1 fully saturated rings. The smallest absolute Gasteiger partial charge is 0.0638 e. The van der Waals surface area contributed by atoms with Crippen molar-refractivity contribution < 1.29 is 0 Å². The van der Waals surface area contributed by atoms with E-state index in [-0.39, 0.29) is 0 Å². The summed E-state index contributed by atoms with van der Waals surface area (Å²) in [4.78, 5) is 0. The summed E-state index contributed by atoms with van der Waals surface area (Å²) < 4.78 is 0. The minimum absolute atomic E-state index is 0.378. The van der Waals surface area contributed by atoms with E-state index < -0.39 is 0 Å². The lowest BCUT2D eigenvalue weighted by Gasteiger charge is -2.42. The van der Waals surface area contributed by atoms with E-state index >= 15 is 0 Å². The molecule has 98 valence electrons. The van der Waals surface area contributed by atoms with Gasteiger partial charge in [-0.2, -0.15) is 5.26 Å². The highest BCUT2D eigenvalue weighted by Gasteiger charge is 2.34. The second kappa shape index (κ2) is 6.40. The lowest BCUT2D eigenvalue weighted by atomic mass is 9.69. The predicted molar refractivity (Wildman–Crippen MR) is 72.6 cm³/mol. The summed E-state index contributed by atoms with van der Waals surface area (Å²) in [6.45, 7) is 9.22. The number of nitrogens with one attached hydrogen (secondary N) is 1. The zero-order valence-corrected chi connectivity index (χ0v) is 11.9. The summed E-state index contributed by atoms with van der Waals surface area (Å²) in [6.07, 6.45) is 7.03. The summed E-state index contributed by atoms with van der Waals surface area (Å²) in [5.74, 6) is 0.754. The van der Waals surface area contributed by atoms with Gasteiger partial charge in [0.1, 0.15) is 0 Å². The molecule has 0 amide bonds. The van der Waals surface area contributed by atoms with Gasteiger partial charge in [-0.05, 0) is 30.6 Å². The third-order valence-electron chi connectivity index (χ3n) is 4.16. The Morgan fingerprint density at radius 2 is 1.94 bits per heavy atom. The van der Waals surface area contributed by atoms with Crippen LogP contribution < -0.4 is 5.32 Å². The lowest BCUT2D eigenvalue weighted by molar-refractivity contribution is 0.122.